The zero-order chi connectivity index (χ0) is 13.1. The molecule has 0 spiro atoms. The number of aromatic nitrogens is 3. The van der Waals surface area contributed by atoms with Crippen molar-refractivity contribution < 1.29 is 0 Å². The molecule has 18 heavy (non-hydrogen) atoms. The fourth-order valence-electron chi connectivity index (χ4n) is 2.00. The monoisotopic (exact) mass is 244 g/mol. The lowest BCUT2D eigenvalue weighted by atomic mass is 9.99. The molecule has 4 nitrogen and oxygen atoms in total. The molecule has 4 heteroatoms. The van der Waals surface area contributed by atoms with Gasteiger partial charge >= 0.3 is 0 Å². The van der Waals surface area contributed by atoms with E-state index in [4.69, 9.17) is 5.73 Å². The Labute approximate surface area is 108 Å². The van der Waals surface area contributed by atoms with Crippen molar-refractivity contribution >= 4 is 0 Å². The molecular weight excluding hydrogens is 224 g/mol. The zero-order valence-corrected chi connectivity index (χ0v) is 11.2. The number of aryl methyl sites for hydroxylation is 1. The first-order valence-electron chi connectivity index (χ1n) is 6.38. The predicted molar refractivity (Wildman–Crippen MR) is 72.5 cm³/mol. The van der Waals surface area contributed by atoms with E-state index in [9.17, 15) is 0 Å². The highest BCUT2D eigenvalue weighted by Gasteiger charge is 2.21. The van der Waals surface area contributed by atoms with Gasteiger partial charge in [0.25, 0.3) is 0 Å². The molecule has 96 valence electrons. The smallest absolute Gasteiger partial charge is 0.154 e. The first kappa shape index (κ1) is 12.8. The molecule has 0 aliphatic carbocycles. The van der Waals surface area contributed by atoms with Gasteiger partial charge in [0.1, 0.15) is 5.82 Å². The summed E-state index contributed by atoms with van der Waals surface area (Å²) in [5.74, 6) is 2.10. The maximum absolute atomic E-state index is 6.28. The van der Waals surface area contributed by atoms with Crippen LogP contribution >= 0.6 is 0 Å². The minimum absolute atomic E-state index is 0.0867. The molecule has 0 radical (unpaired) electrons. The van der Waals surface area contributed by atoms with E-state index in [0.29, 0.717) is 5.92 Å². The van der Waals surface area contributed by atoms with Crippen molar-refractivity contribution in [3.05, 3.63) is 42.0 Å². The number of para-hydroxylation sites is 1. The molecule has 0 saturated carbocycles. The van der Waals surface area contributed by atoms with E-state index < -0.39 is 0 Å². The van der Waals surface area contributed by atoms with E-state index in [1.165, 1.54) is 0 Å². The molecule has 0 aliphatic rings. The highest BCUT2D eigenvalue weighted by molar-refractivity contribution is 5.34. The molecule has 0 bridgehead atoms. The summed E-state index contributed by atoms with van der Waals surface area (Å²) in [7, 11) is 0. The summed E-state index contributed by atoms with van der Waals surface area (Å²) in [6.45, 7) is 6.23. The van der Waals surface area contributed by atoms with Crippen molar-refractivity contribution in [2.45, 2.75) is 33.2 Å². The molecule has 1 heterocycles. The summed E-state index contributed by atoms with van der Waals surface area (Å²) in [4.78, 5) is 0. The Morgan fingerprint density at radius 1 is 1.22 bits per heavy atom. The van der Waals surface area contributed by atoms with Gasteiger partial charge in [-0.05, 0) is 25.0 Å². The van der Waals surface area contributed by atoms with E-state index >= 15 is 0 Å². The summed E-state index contributed by atoms with van der Waals surface area (Å²) < 4.78 is 2.04. The van der Waals surface area contributed by atoms with Crippen LogP contribution in [0.4, 0.5) is 0 Å². The highest BCUT2D eigenvalue weighted by atomic mass is 15.3. The summed E-state index contributed by atoms with van der Waals surface area (Å²) in [6, 6.07) is 10.0. The fourth-order valence-corrected chi connectivity index (χ4v) is 2.00. The second-order valence-corrected chi connectivity index (χ2v) is 4.69. The van der Waals surface area contributed by atoms with Crippen LogP contribution in [-0.2, 0) is 0 Å². The first-order chi connectivity index (χ1) is 8.65. The summed E-state index contributed by atoms with van der Waals surface area (Å²) in [5.41, 5.74) is 7.34. The Kier molecular flexibility index (Phi) is 3.77. The average molecular weight is 244 g/mol. The molecule has 0 unspecified atom stereocenters. The summed E-state index contributed by atoms with van der Waals surface area (Å²) in [5, 5.41) is 8.41. The number of hydrogen-bond acceptors (Lipinski definition) is 3. The zero-order valence-electron chi connectivity index (χ0n) is 11.2. The van der Waals surface area contributed by atoms with Crippen molar-refractivity contribution in [1.29, 1.82) is 0 Å². The van der Waals surface area contributed by atoms with E-state index in [0.717, 1.165) is 23.8 Å². The number of nitrogens with zero attached hydrogens (tertiary/aromatic N) is 3. The first-order valence-corrected chi connectivity index (χ1v) is 6.38. The van der Waals surface area contributed by atoms with Gasteiger partial charge in [-0.25, -0.2) is 0 Å². The van der Waals surface area contributed by atoms with Gasteiger partial charge in [0.2, 0.25) is 0 Å². The normalized spacial score (nSPS) is 14.4. The van der Waals surface area contributed by atoms with Crippen molar-refractivity contribution in [1.82, 2.24) is 14.8 Å². The standard InChI is InChI=1S/C14H20N4/c1-4-10(2)13(15)14-17-16-11(3)18(14)12-8-6-5-7-9-12/h5-10,13H,4,15H2,1-3H3/t10-,13-/m0/s1. The van der Waals surface area contributed by atoms with Crippen LogP contribution in [0.5, 0.6) is 0 Å². The molecule has 2 aromatic rings. The molecule has 0 aliphatic heterocycles. The number of rotatable bonds is 4. The molecule has 0 fully saturated rings. The van der Waals surface area contributed by atoms with Gasteiger partial charge < -0.3 is 5.73 Å². The van der Waals surface area contributed by atoms with Gasteiger partial charge in [0.15, 0.2) is 5.82 Å². The van der Waals surface area contributed by atoms with Crippen LogP contribution in [-0.4, -0.2) is 14.8 Å². The quantitative estimate of drug-likeness (QED) is 0.899. The third-order valence-electron chi connectivity index (χ3n) is 3.42. The largest absolute Gasteiger partial charge is 0.321 e. The molecule has 0 saturated heterocycles. The van der Waals surface area contributed by atoms with Gasteiger partial charge in [0.05, 0.1) is 6.04 Å². The molecule has 0 amide bonds. The van der Waals surface area contributed by atoms with E-state index in [1.54, 1.807) is 0 Å². The maximum Gasteiger partial charge on any atom is 0.154 e. The molecular formula is C14H20N4. The molecule has 1 aromatic heterocycles. The molecule has 2 atom stereocenters. The fraction of sp³-hybridized carbons (Fsp3) is 0.429. The maximum atomic E-state index is 6.28. The lowest BCUT2D eigenvalue weighted by molar-refractivity contribution is 0.433. The van der Waals surface area contributed by atoms with Crippen molar-refractivity contribution in [3.63, 3.8) is 0 Å². The Hall–Kier alpha value is -1.68. The number of benzene rings is 1. The highest BCUT2D eigenvalue weighted by Crippen LogP contribution is 2.23. The summed E-state index contributed by atoms with van der Waals surface area (Å²) >= 11 is 0. The third kappa shape index (κ3) is 2.29. The average Bonchev–Trinajstić information content (AvgIpc) is 2.79. The topological polar surface area (TPSA) is 56.7 Å². The van der Waals surface area contributed by atoms with Gasteiger partial charge in [-0.3, -0.25) is 4.57 Å². The van der Waals surface area contributed by atoms with Gasteiger partial charge in [-0.2, -0.15) is 0 Å². The molecule has 1 aromatic carbocycles. The minimum atomic E-state index is -0.0867. The van der Waals surface area contributed by atoms with Crippen LogP contribution < -0.4 is 5.73 Å². The second-order valence-electron chi connectivity index (χ2n) is 4.69. The van der Waals surface area contributed by atoms with Gasteiger partial charge in [0, 0.05) is 5.69 Å². The Balaban J connectivity index is 2.45. The number of nitrogens with two attached hydrogens (primary N) is 1. The third-order valence-corrected chi connectivity index (χ3v) is 3.42. The summed E-state index contributed by atoms with van der Waals surface area (Å²) in [6.07, 6.45) is 1.03. The Bertz CT molecular complexity index is 504. The van der Waals surface area contributed by atoms with Crippen LogP contribution in [0.15, 0.2) is 30.3 Å². The number of hydrogen-bond donors (Lipinski definition) is 1. The van der Waals surface area contributed by atoms with Crippen molar-refractivity contribution in [2.24, 2.45) is 11.7 Å². The van der Waals surface area contributed by atoms with Crippen molar-refractivity contribution in [2.75, 3.05) is 0 Å². The van der Waals surface area contributed by atoms with E-state index in [2.05, 4.69) is 24.0 Å². The minimum Gasteiger partial charge on any atom is -0.321 e. The molecule has 2 rings (SSSR count). The van der Waals surface area contributed by atoms with Gasteiger partial charge in [-0.15, -0.1) is 10.2 Å². The molecule has 2 N–H and O–H groups in total. The van der Waals surface area contributed by atoms with Crippen LogP contribution in [0, 0.1) is 12.8 Å². The Morgan fingerprint density at radius 2 is 1.89 bits per heavy atom. The second kappa shape index (κ2) is 5.31. The van der Waals surface area contributed by atoms with Crippen LogP contribution in [0.25, 0.3) is 5.69 Å². The van der Waals surface area contributed by atoms with E-state index in [-0.39, 0.29) is 6.04 Å². The SMILES string of the molecule is CC[C@H](C)[C@H](N)c1nnc(C)n1-c1ccccc1. The van der Waals surface area contributed by atoms with Crippen LogP contribution in [0.2, 0.25) is 0 Å². The Morgan fingerprint density at radius 3 is 2.50 bits per heavy atom. The lowest BCUT2D eigenvalue weighted by Gasteiger charge is -2.19. The van der Waals surface area contributed by atoms with Crippen LogP contribution in [0.3, 0.4) is 0 Å². The lowest BCUT2D eigenvalue weighted by Crippen LogP contribution is -2.22. The predicted octanol–water partition coefficient (Wildman–Crippen LogP) is 2.62. The van der Waals surface area contributed by atoms with Crippen molar-refractivity contribution in [3.8, 4) is 5.69 Å². The van der Waals surface area contributed by atoms with Gasteiger partial charge in [-0.1, -0.05) is 38.5 Å². The van der Waals surface area contributed by atoms with Crippen LogP contribution in [0.1, 0.15) is 38.0 Å². The van der Waals surface area contributed by atoms with E-state index in [1.807, 2.05) is 41.8 Å².